The number of rotatable bonds is 6. The monoisotopic (exact) mass is 242 g/mol. The summed E-state index contributed by atoms with van der Waals surface area (Å²) in [7, 11) is 0. The molecule has 98 valence electrons. The van der Waals surface area contributed by atoms with E-state index in [1.54, 1.807) is 6.92 Å². The lowest BCUT2D eigenvalue weighted by atomic mass is 9.67. The van der Waals surface area contributed by atoms with Gasteiger partial charge in [-0.1, -0.05) is 13.3 Å². The molecule has 0 radical (unpaired) electrons. The molecule has 0 aromatic heterocycles. The molecule has 1 atom stereocenters. The molecule has 1 fully saturated rings. The fraction of sp³-hybridized carbons (Fsp3) is 0.833. The molecule has 1 aliphatic rings. The largest absolute Gasteiger partial charge is 0.464 e. The first-order valence-corrected chi connectivity index (χ1v) is 6.24. The van der Waals surface area contributed by atoms with E-state index in [0.717, 1.165) is 19.3 Å². The Kier molecular flexibility index (Phi) is 4.93. The lowest BCUT2D eigenvalue weighted by molar-refractivity contribution is -0.148. The number of carbonyl (C=O) groups is 2. The molecule has 17 heavy (non-hydrogen) atoms. The van der Waals surface area contributed by atoms with Crippen molar-refractivity contribution < 1.29 is 14.3 Å². The maximum absolute atomic E-state index is 11.6. The Hall–Kier alpha value is -1.10. The first-order chi connectivity index (χ1) is 8.04. The number of hydrogen-bond donors (Lipinski definition) is 2. The van der Waals surface area contributed by atoms with Crippen LogP contribution < -0.4 is 11.1 Å². The Morgan fingerprint density at radius 2 is 2.06 bits per heavy atom. The number of amides is 1. The highest BCUT2D eigenvalue weighted by Crippen LogP contribution is 2.42. The molecular formula is C12H22N2O3. The van der Waals surface area contributed by atoms with Crippen LogP contribution in [0.1, 0.15) is 39.5 Å². The smallest absolute Gasteiger partial charge is 0.332 e. The Balaban J connectivity index is 2.36. The SMILES string of the molecule is CCOC(=O)C(N)C(=O)NCC1(CC)CCC1. The fourth-order valence-electron chi connectivity index (χ4n) is 2.06. The second kappa shape index (κ2) is 6.00. The zero-order valence-corrected chi connectivity index (χ0v) is 10.6. The minimum atomic E-state index is -1.20. The van der Waals surface area contributed by atoms with Gasteiger partial charge in [0.15, 0.2) is 6.04 Å². The van der Waals surface area contributed by atoms with Crippen LogP contribution in [0.4, 0.5) is 0 Å². The molecule has 0 heterocycles. The second-order valence-corrected chi connectivity index (χ2v) is 4.65. The van der Waals surface area contributed by atoms with Crippen molar-refractivity contribution in [2.24, 2.45) is 11.1 Å². The Morgan fingerprint density at radius 1 is 1.41 bits per heavy atom. The zero-order valence-electron chi connectivity index (χ0n) is 10.6. The molecule has 1 amide bonds. The third-order valence-corrected chi connectivity index (χ3v) is 3.62. The number of hydrogen-bond acceptors (Lipinski definition) is 4. The molecule has 5 nitrogen and oxygen atoms in total. The number of esters is 1. The molecule has 0 spiro atoms. The van der Waals surface area contributed by atoms with Crippen molar-refractivity contribution in [3.05, 3.63) is 0 Å². The maximum Gasteiger partial charge on any atom is 0.332 e. The highest BCUT2D eigenvalue weighted by Gasteiger charge is 2.36. The van der Waals surface area contributed by atoms with Gasteiger partial charge in [0.1, 0.15) is 0 Å². The topological polar surface area (TPSA) is 81.4 Å². The van der Waals surface area contributed by atoms with E-state index in [1.165, 1.54) is 6.42 Å². The van der Waals surface area contributed by atoms with Gasteiger partial charge in [-0.05, 0) is 31.6 Å². The summed E-state index contributed by atoms with van der Waals surface area (Å²) in [6, 6.07) is -1.20. The van der Waals surface area contributed by atoms with Gasteiger partial charge in [-0.25, -0.2) is 4.79 Å². The minimum absolute atomic E-state index is 0.226. The summed E-state index contributed by atoms with van der Waals surface area (Å²) in [5.74, 6) is -1.10. The van der Waals surface area contributed by atoms with Crippen LogP contribution in [0.25, 0.3) is 0 Å². The second-order valence-electron chi connectivity index (χ2n) is 4.65. The fourth-order valence-corrected chi connectivity index (χ4v) is 2.06. The van der Waals surface area contributed by atoms with E-state index >= 15 is 0 Å². The lowest BCUT2D eigenvalue weighted by Crippen LogP contribution is -2.50. The Morgan fingerprint density at radius 3 is 2.47 bits per heavy atom. The van der Waals surface area contributed by atoms with Crippen LogP contribution in [0.15, 0.2) is 0 Å². The molecule has 1 unspecified atom stereocenters. The van der Waals surface area contributed by atoms with Gasteiger partial charge in [-0.2, -0.15) is 0 Å². The summed E-state index contributed by atoms with van der Waals surface area (Å²) in [6.07, 6.45) is 4.53. The third kappa shape index (κ3) is 3.43. The predicted octanol–water partition coefficient (Wildman–Crippen LogP) is 0.573. The molecule has 0 saturated heterocycles. The van der Waals surface area contributed by atoms with E-state index in [0.29, 0.717) is 6.54 Å². The van der Waals surface area contributed by atoms with Gasteiger partial charge in [0.05, 0.1) is 6.61 Å². The Bertz CT molecular complexity index is 282. The zero-order chi connectivity index (χ0) is 12.9. The van der Waals surface area contributed by atoms with Crippen LogP contribution >= 0.6 is 0 Å². The molecule has 0 bridgehead atoms. The van der Waals surface area contributed by atoms with Crippen LogP contribution in [-0.4, -0.2) is 31.1 Å². The van der Waals surface area contributed by atoms with E-state index < -0.39 is 17.9 Å². The highest BCUT2D eigenvalue weighted by molar-refractivity contribution is 6.01. The van der Waals surface area contributed by atoms with E-state index in [2.05, 4.69) is 12.2 Å². The number of carbonyl (C=O) groups excluding carboxylic acids is 2. The molecule has 0 aliphatic heterocycles. The first kappa shape index (κ1) is 14.0. The third-order valence-electron chi connectivity index (χ3n) is 3.62. The van der Waals surface area contributed by atoms with Crippen LogP contribution in [-0.2, 0) is 14.3 Å². The molecular weight excluding hydrogens is 220 g/mol. The average molecular weight is 242 g/mol. The normalized spacial score (nSPS) is 19.0. The average Bonchev–Trinajstić information content (AvgIpc) is 2.27. The molecule has 1 saturated carbocycles. The van der Waals surface area contributed by atoms with Crippen molar-refractivity contribution in [2.45, 2.75) is 45.6 Å². The minimum Gasteiger partial charge on any atom is -0.464 e. The molecule has 1 aliphatic carbocycles. The van der Waals surface area contributed by atoms with Crippen molar-refractivity contribution in [1.29, 1.82) is 0 Å². The van der Waals surface area contributed by atoms with Crippen molar-refractivity contribution in [3.8, 4) is 0 Å². The van der Waals surface area contributed by atoms with E-state index in [4.69, 9.17) is 10.5 Å². The van der Waals surface area contributed by atoms with Crippen LogP contribution in [0.3, 0.4) is 0 Å². The van der Waals surface area contributed by atoms with Gasteiger partial charge in [0.25, 0.3) is 0 Å². The summed E-state index contributed by atoms with van der Waals surface area (Å²) in [5.41, 5.74) is 5.72. The van der Waals surface area contributed by atoms with Crippen LogP contribution in [0.2, 0.25) is 0 Å². The van der Waals surface area contributed by atoms with E-state index in [-0.39, 0.29) is 12.0 Å². The van der Waals surface area contributed by atoms with E-state index in [1.807, 2.05) is 0 Å². The summed E-state index contributed by atoms with van der Waals surface area (Å²) in [6.45, 7) is 4.65. The maximum atomic E-state index is 11.6. The van der Waals surface area contributed by atoms with Gasteiger partial charge in [0, 0.05) is 6.54 Å². The van der Waals surface area contributed by atoms with Gasteiger partial charge in [-0.3, -0.25) is 4.79 Å². The summed E-state index contributed by atoms with van der Waals surface area (Å²) in [5, 5.41) is 2.75. The standard InChI is InChI=1S/C12H22N2O3/c1-3-12(6-5-7-12)8-14-10(15)9(13)11(16)17-4-2/h9H,3-8,13H2,1-2H3,(H,14,15). The molecule has 0 aromatic rings. The van der Waals surface area contributed by atoms with Crippen molar-refractivity contribution in [3.63, 3.8) is 0 Å². The van der Waals surface area contributed by atoms with Crippen LogP contribution in [0.5, 0.6) is 0 Å². The Labute approximate surface area is 102 Å². The summed E-state index contributed by atoms with van der Waals surface area (Å²) >= 11 is 0. The van der Waals surface area contributed by atoms with Crippen molar-refractivity contribution in [1.82, 2.24) is 5.32 Å². The van der Waals surface area contributed by atoms with Gasteiger partial charge in [-0.15, -0.1) is 0 Å². The quantitative estimate of drug-likeness (QED) is 0.527. The first-order valence-electron chi connectivity index (χ1n) is 6.24. The van der Waals surface area contributed by atoms with Crippen molar-refractivity contribution in [2.75, 3.05) is 13.2 Å². The van der Waals surface area contributed by atoms with Crippen molar-refractivity contribution >= 4 is 11.9 Å². The van der Waals surface area contributed by atoms with Gasteiger partial charge >= 0.3 is 5.97 Å². The number of ether oxygens (including phenoxy) is 1. The summed E-state index contributed by atoms with van der Waals surface area (Å²) in [4.78, 5) is 22.9. The molecule has 0 aromatic carbocycles. The lowest BCUT2D eigenvalue weighted by Gasteiger charge is -2.41. The molecule has 5 heteroatoms. The highest BCUT2D eigenvalue weighted by atomic mass is 16.5. The van der Waals surface area contributed by atoms with Gasteiger partial charge in [0.2, 0.25) is 5.91 Å². The number of nitrogens with two attached hydrogens (primary N) is 1. The predicted molar refractivity (Wildman–Crippen MR) is 64.2 cm³/mol. The number of nitrogens with one attached hydrogen (secondary N) is 1. The summed E-state index contributed by atoms with van der Waals surface area (Å²) < 4.78 is 4.70. The van der Waals surface area contributed by atoms with Crippen LogP contribution in [0, 0.1) is 5.41 Å². The molecule has 3 N–H and O–H groups in total. The molecule has 1 rings (SSSR count). The van der Waals surface area contributed by atoms with Gasteiger partial charge < -0.3 is 15.8 Å². The van der Waals surface area contributed by atoms with E-state index in [9.17, 15) is 9.59 Å².